The van der Waals surface area contributed by atoms with E-state index in [4.69, 9.17) is 9.47 Å². The van der Waals surface area contributed by atoms with Crippen LogP contribution in [0.25, 0.3) is 0 Å². The maximum Gasteiger partial charge on any atom is 0.119 e. The number of nitrogens with zero attached hydrogens (tertiary/aromatic N) is 1. The minimum atomic E-state index is 0.600. The van der Waals surface area contributed by atoms with Crippen molar-refractivity contribution in [3.05, 3.63) is 59.9 Å². The molecule has 0 amide bonds. The first-order valence-corrected chi connectivity index (χ1v) is 8.27. The maximum absolute atomic E-state index is 5.61. The minimum Gasteiger partial charge on any atom is -0.491 e. The van der Waals surface area contributed by atoms with Crippen LogP contribution in [0.2, 0.25) is 0 Å². The highest BCUT2D eigenvalue weighted by Crippen LogP contribution is 2.12. The van der Waals surface area contributed by atoms with E-state index in [-0.39, 0.29) is 0 Å². The van der Waals surface area contributed by atoms with E-state index >= 15 is 0 Å². The number of hydrogen-bond donors (Lipinski definition) is 1. The Kier molecular flexibility index (Phi) is 8.16. The zero-order chi connectivity index (χ0) is 16.2. The standard InChI is InChI=1S/C19H26N2O2/c1-2-22-14-15-23-19-7-5-17(6-8-19)9-12-20-13-10-18-4-3-11-21-16-18/h3-8,11,16,20H,2,9-10,12-15H2,1H3. The average Bonchev–Trinajstić information content (AvgIpc) is 2.60. The fraction of sp³-hybridized carbons (Fsp3) is 0.421. The molecule has 0 saturated heterocycles. The number of pyridine rings is 1. The predicted molar refractivity (Wildman–Crippen MR) is 92.9 cm³/mol. The lowest BCUT2D eigenvalue weighted by Crippen LogP contribution is -2.20. The van der Waals surface area contributed by atoms with E-state index in [1.54, 1.807) is 6.20 Å². The van der Waals surface area contributed by atoms with Gasteiger partial charge in [0.15, 0.2) is 0 Å². The Hall–Kier alpha value is -1.91. The van der Waals surface area contributed by atoms with Gasteiger partial charge in [-0.25, -0.2) is 0 Å². The maximum atomic E-state index is 5.61. The molecule has 1 aromatic carbocycles. The molecule has 0 fully saturated rings. The molecule has 0 aliphatic carbocycles. The van der Waals surface area contributed by atoms with E-state index < -0.39 is 0 Å². The third kappa shape index (κ3) is 7.26. The summed E-state index contributed by atoms with van der Waals surface area (Å²) in [6.07, 6.45) is 5.76. The Morgan fingerprint density at radius 3 is 2.43 bits per heavy atom. The fourth-order valence-electron chi connectivity index (χ4n) is 2.25. The molecule has 0 atom stereocenters. The van der Waals surface area contributed by atoms with Gasteiger partial charge in [-0.05, 0) is 62.2 Å². The van der Waals surface area contributed by atoms with Crippen molar-refractivity contribution in [2.75, 3.05) is 32.9 Å². The van der Waals surface area contributed by atoms with Gasteiger partial charge in [0, 0.05) is 19.0 Å². The quantitative estimate of drug-likeness (QED) is 0.648. The second kappa shape index (κ2) is 10.8. The summed E-state index contributed by atoms with van der Waals surface area (Å²) >= 11 is 0. The second-order valence-corrected chi connectivity index (χ2v) is 5.30. The van der Waals surface area contributed by atoms with E-state index in [0.29, 0.717) is 13.2 Å². The molecule has 1 heterocycles. The highest BCUT2D eigenvalue weighted by Gasteiger charge is 1.97. The van der Waals surface area contributed by atoms with Crippen LogP contribution >= 0.6 is 0 Å². The number of hydrogen-bond acceptors (Lipinski definition) is 4. The molecule has 0 bridgehead atoms. The molecular formula is C19H26N2O2. The van der Waals surface area contributed by atoms with Gasteiger partial charge in [0.2, 0.25) is 0 Å². The molecule has 23 heavy (non-hydrogen) atoms. The molecule has 1 N–H and O–H groups in total. The van der Waals surface area contributed by atoms with Gasteiger partial charge in [0.25, 0.3) is 0 Å². The van der Waals surface area contributed by atoms with Crippen LogP contribution in [-0.4, -0.2) is 37.9 Å². The largest absolute Gasteiger partial charge is 0.491 e. The molecule has 0 saturated carbocycles. The van der Waals surface area contributed by atoms with E-state index in [1.165, 1.54) is 11.1 Å². The number of nitrogens with one attached hydrogen (secondary N) is 1. The van der Waals surface area contributed by atoms with Crippen LogP contribution in [0.15, 0.2) is 48.8 Å². The lowest BCUT2D eigenvalue weighted by Gasteiger charge is -2.08. The molecule has 1 aromatic heterocycles. The molecule has 2 aromatic rings. The Balaban J connectivity index is 1.58. The zero-order valence-corrected chi connectivity index (χ0v) is 13.8. The summed E-state index contributed by atoms with van der Waals surface area (Å²) in [5.41, 5.74) is 2.59. The average molecular weight is 314 g/mol. The summed E-state index contributed by atoms with van der Waals surface area (Å²) in [5, 5.41) is 3.47. The normalized spacial score (nSPS) is 10.7. The van der Waals surface area contributed by atoms with Crippen molar-refractivity contribution < 1.29 is 9.47 Å². The van der Waals surface area contributed by atoms with Gasteiger partial charge in [-0.3, -0.25) is 4.98 Å². The van der Waals surface area contributed by atoms with Crippen molar-refractivity contribution in [3.63, 3.8) is 0 Å². The van der Waals surface area contributed by atoms with Crippen molar-refractivity contribution in [2.45, 2.75) is 19.8 Å². The highest BCUT2D eigenvalue weighted by molar-refractivity contribution is 5.27. The molecular weight excluding hydrogens is 288 g/mol. The topological polar surface area (TPSA) is 43.4 Å². The van der Waals surface area contributed by atoms with Crippen LogP contribution in [0, 0.1) is 0 Å². The summed E-state index contributed by atoms with van der Waals surface area (Å²) < 4.78 is 10.9. The molecule has 0 aliphatic heterocycles. The minimum absolute atomic E-state index is 0.600. The first kappa shape index (κ1) is 17.4. The first-order chi connectivity index (χ1) is 11.4. The van der Waals surface area contributed by atoms with Gasteiger partial charge in [0.1, 0.15) is 12.4 Å². The van der Waals surface area contributed by atoms with Crippen LogP contribution < -0.4 is 10.1 Å². The lowest BCUT2D eigenvalue weighted by molar-refractivity contribution is 0.110. The van der Waals surface area contributed by atoms with Gasteiger partial charge in [0.05, 0.1) is 6.61 Å². The van der Waals surface area contributed by atoms with Gasteiger partial charge >= 0.3 is 0 Å². The lowest BCUT2D eigenvalue weighted by atomic mass is 10.1. The Bertz CT molecular complexity index is 529. The smallest absolute Gasteiger partial charge is 0.119 e. The molecule has 2 rings (SSSR count). The molecule has 4 heteroatoms. The SMILES string of the molecule is CCOCCOc1ccc(CCNCCc2cccnc2)cc1. The highest BCUT2D eigenvalue weighted by atomic mass is 16.5. The van der Waals surface area contributed by atoms with E-state index in [1.807, 2.05) is 31.3 Å². The molecule has 0 radical (unpaired) electrons. The Morgan fingerprint density at radius 2 is 1.74 bits per heavy atom. The molecule has 124 valence electrons. The second-order valence-electron chi connectivity index (χ2n) is 5.30. The summed E-state index contributed by atoms with van der Waals surface area (Å²) in [6.45, 7) is 5.91. The molecule has 0 unspecified atom stereocenters. The van der Waals surface area contributed by atoms with Crippen LogP contribution in [0.3, 0.4) is 0 Å². The van der Waals surface area contributed by atoms with E-state index in [2.05, 4.69) is 28.5 Å². The van der Waals surface area contributed by atoms with Crippen LogP contribution in [-0.2, 0) is 17.6 Å². The van der Waals surface area contributed by atoms with Crippen molar-refractivity contribution in [3.8, 4) is 5.75 Å². The summed E-state index contributed by atoms with van der Waals surface area (Å²) in [4.78, 5) is 4.12. The van der Waals surface area contributed by atoms with Crippen LogP contribution in [0.4, 0.5) is 0 Å². The van der Waals surface area contributed by atoms with Gasteiger partial charge in [-0.2, -0.15) is 0 Å². The fourth-order valence-corrected chi connectivity index (χ4v) is 2.25. The number of aromatic nitrogens is 1. The van der Waals surface area contributed by atoms with Crippen molar-refractivity contribution >= 4 is 0 Å². The van der Waals surface area contributed by atoms with Crippen molar-refractivity contribution in [2.24, 2.45) is 0 Å². The first-order valence-electron chi connectivity index (χ1n) is 8.27. The Morgan fingerprint density at radius 1 is 0.957 bits per heavy atom. The van der Waals surface area contributed by atoms with Crippen LogP contribution in [0.1, 0.15) is 18.1 Å². The third-order valence-electron chi connectivity index (χ3n) is 3.53. The summed E-state index contributed by atoms with van der Waals surface area (Å²) in [7, 11) is 0. The van der Waals surface area contributed by atoms with Crippen molar-refractivity contribution in [1.29, 1.82) is 0 Å². The molecule has 4 nitrogen and oxygen atoms in total. The number of ether oxygens (including phenoxy) is 2. The zero-order valence-electron chi connectivity index (χ0n) is 13.8. The third-order valence-corrected chi connectivity index (χ3v) is 3.53. The van der Waals surface area contributed by atoms with E-state index in [9.17, 15) is 0 Å². The van der Waals surface area contributed by atoms with Gasteiger partial charge in [-0.15, -0.1) is 0 Å². The molecule has 0 aliphatic rings. The van der Waals surface area contributed by atoms with Gasteiger partial charge in [-0.1, -0.05) is 18.2 Å². The number of rotatable bonds is 11. The Labute approximate surface area is 138 Å². The van der Waals surface area contributed by atoms with Crippen molar-refractivity contribution in [1.82, 2.24) is 10.3 Å². The number of benzene rings is 1. The summed E-state index contributed by atoms with van der Waals surface area (Å²) in [6, 6.07) is 12.4. The summed E-state index contributed by atoms with van der Waals surface area (Å²) in [5.74, 6) is 0.901. The van der Waals surface area contributed by atoms with Gasteiger partial charge < -0.3 is 14.8 Å². The monoisotopic (exact) mass is 314 g/mol. The molecule has 0 spiro atoms. The predicted octanol–water partition coefficient (Wildman–Crippen LogP) is 2.87. The van der Waals surface area contributed by atoms with Crippen LogP contribution in [0.5, 0.6) is 5.75 Å². The van der Waals surface area contributed by atoms with E-state index in [0.717, 1.165) is 38.3 Å².